The highest BCUT2D eigenvalue weighted by Gasteiger charge is 2.35. The summed E-state index contributed by atoms with van der Waals surface area (Å²) < 4.78 is 7.01. The monoisotopic (exact) mass is 378 g/mol. The Morgan fingerprint density at radius 2 is 1.96 bits per heavy atom. The van der Waals surface area contributed by atoms with E-state index < -0.39 is 6.04 Å². The predicted molar refractivity (Wildman–Crippen MR) is 106 cm³/mol. The molecule has 0 aliphatic carbocycles. The summed E-state index contributed by atoms with van der Waals surface area (Å²) in [6.07, 6.45) is 3.17. The zero-order valence-electron chi connectivity index (χ0n) is 15.9. The van der Waals surface area contributed by atoms with Gasteiger partial charge in [-0.1, -0.05) is 6.07 Å². The quantitative estimate of drug-likeness (QED) is 0.757. The van der Waals surface area contributed by atoms with E-state index in [1.54, 1.807) is 42.5 Å². The van der Waals surface area contributed by atoms with Gasteiger partial charge in [0.1, 0.15) is 23.1 Å². The molecule has 0 spiro atoms. The Labute approximate surface area is 162 Å². The number of nitrogens with zero attached hydrogens (tertiary/aromatic N) is 3. The first-order chi connectivity index (χ1) is 13.6. The minimum Gasteiger partial charge on any atom is -0.497 e. The van der Waals surface area contributed by atoms with Crippen molar-refractivity contribution in [3.05, 3.63) is 60.0 Å². The number of ether oxygens (including phenoxy) is 1. The molecule has 7 nitrogen and oxygen atoms in total. The number of amides is 2. The van der Waals surface area contributed by atoms with Crippen LogP contribution in [-0.4, -0.2) is 45.8 Å². The first-order valence-electron chi connectivity index (χ1n) is 9.27. The molecule has 144 valence electrons. The van der Waals surface area contributed by atoms with Crippen LogP contribution in [0.2, 0.25) is 0 Å². The molecule has 1 atom stereocenters. The molecule has 0 radical (unpaired) electrons. The first kappa shape index (κ1) is 18.0. The number of benzene rings is 1. The summed E-state index contributed by atoms with van der Waals surface area (Å²) in [6, 6.07) is 12.4. The molecule has 3 aromatic rings. The van der Waals surface area contributed by atoms with Gasteiger partial charge in [0, 0.05) is 24.1 Å². The van der Waals surface area contributed by atoms with Crippen molar-refractivity contribution < 1.29 is 14.3 Å². The van der Waals surface area contributed by atoms with E-state index in [4.69, 9.17) is 4.74 Å². The van der Waals surface area contributed by atoms with Crippen LogP contribution in [0.1, 0.15) is 29.0 Å². The maximum atomic E-state index is 13.0. The third kappa shape index (κ3) is 3.31. The van der Waals surface area contributed by atoms with Crippen LogP contribution in [0.4, 0.5) is 5.69 Å². The average molecular weight is 378 g/mol. The molecule has 1 aromatic carbocycles. The number of hydrogen-bond donors (Lipinski definition) is 1. The molecule has 1 saturated heterocycles. The van der Waals surface area contributed by atoms with Gasteiger partial charge in [0.25, 0.3) is 5.91 Å². The zero-order chi connectivity index (χ0) is 19.7. The second kappa shape index (κ2) is 7.34. The number of aryl methyl sites for hydroxylation is 1. The fraction of sp³-hybridized carbons (Fsp3) is 0.286. The van der Waals surface area contributed by atoms with E-state index in [1.165, 1.54) is 0 Å². The summed E-state index contributed by atoms with van der Waals surface area (Å²) in [5.41, 5.74) is 2.76. The molecule has 0 unspecified atom stereocenters. The number of imidazole rings is 1. The molecule has 2 aromatic heterocycles. The highest BCUT2D eigenvalue weighted by Crippen LogP contribution is 2.23. The van der Waals surface area contributed by atoms with Crippen LogP contribution in [0.15, 0.2) is 48.7 Å². The minimum absolute atomic E-state index is 0.184. The van der Waals surface area contributed by atoms with E-state index in [2.05, 4.69) is 10.3 Å². The van der Waals surface area contributed by atoms with Gasteiger partial charge in [0.2, 0.25) is 5.91 Å². The number of likely N-dealkylation sites (tertiary alicyclic amines) is 1. The number of rotatable bonds is 4. The van der Waals surface area contributed by atoms with Crippen molar-refractivity contribution in [2.75, 3.05) is 19.0 Å². The lowest BCUT2D eigenvalue weighted by molar-refractivity contribution is -0.119. The Bertz CT molecular complexity index is 1030. The summed E-state index contributed by atoms with van der Waals surface area (Å²) >= 11 is 0. The van der Waals surface area contributed by atoms with E-state index in [0.717, 1.165) is 23.5 Å². The number of pyridine rings is 1. The van der Waals surface area contributed by atoms with Crippen molar-refractivity contribution in [1.82, 2.24) is 14.3 Å². The SMILES string of the molecule is COc1ccc(NC(=O)[C@@H]2CCCN2C(=O)c2cn3c(C)cccc3n2)cc1. The normalized spacial score (nSPS) is 16.4. The summed E-state index contributed by atoms with van der Waals surface area (Å²) in [7, 11) is 1.59. The van der Waals surface area contributed by atoms with Crippen molar-refractivity contribution in [3.8, 4) is 5.75 Å². The third-order valence-electron chi connectivity index (χ3n) is 5.09. The molecule has 0 saturated carbocycles. The summed E-state index contributed by atoms with van der Waals surface area (Å²) in [6.45, 7) is 2.51. The van der Waals surface area contributed by atoms with E-state index in [9.17, 15) is 9.59 Å². The second-order valence-corrected chi connectivity index (χ2v) is 6.90. The van der Waals surface area contributed by atoms with Crippen LogP contribution in [0.3, 0.4) is 0 Å². The lowest BCUT2D eigenvalue weighted by atomic mass is 10.2. The van der Waals surface area contributed by atoms with Crippen LogP contribution >= 0.6 is 0 Å². The number of anilines is 1. The molecule has 7 heteroatoms. The maximum Gasteiger partial charge on any atom is 0.274 e. The smallest absolute Gasteiger partial charge is 0.274 e. The Morgan fingerprint density at radius 1 is 1.18 bits per heavy atom. The van der Waals surface area contributed by atoms with Crippen molar-refractivity contribution >= 4 is 23.1 Å². The Balaban J connectivity index is 1.52. The van der Waals surface area contributed by atoms with Crippen molar-refractivity contribution in [2.24, 2.45) is 0 Å². The van der Waals surface area contributed by atoms with Gasteiger partial charge < -0.3 is 19.4 Å². The van der Waals surface area contributed by atoms with Crippen LogP contribution in [-0.2, 0) is 4.79 Å². The molecule has 0 bridgehead atoms. The maximum absolute atomic E-state index is 13.0. The number of fused-ring (bicyclic) bond motifs is 1. The van der Waals surface area contributed by atoms with Crippen molar-refractivity contribution in [3.63, 3.8) is 0 Å². The van der Waals surface area contributed by atoms with Crippen LogP contribution < -0.4 is 10.1 Å². The predicted octanol–water partition coefficient (Wildman–Crippen LogP) is 2.89. The van der Waals surface area contributed by atoms with Gasteiger partial charge >= 0.3 is 0 Å². The van der Waals surface area contributed by atoms with E-state index in [1.807, 2.05) is 29.5 Å². The lowest BCUT2D eigenvalue weighted by Gasteiger charge is -2.23. The van der Waals surface area contributed by atoms with E-state index >= 15 is 0 Å². The van der Waals surface area contributed by atoms with E-state index in [0.29, 0.717) is 24.3 Å². The largest absolute Gasteiger partial charge is 0.497 e. The topological polar surface area (TPSA) is 75.9 Å². The molecule has 28 heavy (non-hydrogen) atoms. The molecular formula is C21H22N4O3. The number of methoxy groups -OCH3 is 1. The van der Waals surface area contributed by atoms with Gasteiger partial charge in [-0.05, 0) is 56.2 Å². The number of hydrogen-bond acceptors (Lipinski definition) is 4. The fourth-order valence-electron chi connectivity index (χ4n) is 3.58. The molecule has 4 rings (SSSR count). The summed E-state index contributed by atoms with van der Waals surface area (Å²) in [4.78, 5) is 31.9. The first-order valence-corrected chi connectivity index (χ1v) is 9.27. The number of aromatic nitrogens is 2. The van der Waals surface area contributed by atoms with Gasteiger partial charge in [-0.3, -0.25) is 9.59 Å². The lowest BCUT2D eigenvalue weighted by Crippen LogP contribution is -2.43. The molecule has 1 fully saturated rings. The summed E-state index contributed by atoms with van der Waals surface area (Å²) in [5, 5.41) is 2.89. The minimum atomic E-state index is -0.500. The third-order valence-corrected chi connectivity index (χ3v) is 5.09. The molecule has 2 amide bonds. The standard InChI is InChI=1S/C21H22N4O3/c1-14-5-3-7-19-23-17(13-25(14)19)21(27)24-12-4-6-18(24)20(26)22-15-8-10-16(28-2)11-9-15/h3,5,7-11,13,18H,4,6,12H2,1-2H3,(H,22,26)/t18-/m0/s1. The van der Waals surface area contributed by atoms with Gasteiger partial charge in [0.05, 0.1) is 7.11 Å². The molecule has 1 aliphatic heterocycles. The van der Waals surface area contributed by atoms with Gasteiger partial charge in [-0.25, -0.2) is 4.98 Å². The fourth-order valence-corrected chi connectivity index (χ4v) is 3.58. The van der Waals surface area contributed by atoms with Crippen LogP contribution in [0.5, 0.6) is 5.75 Å². The Kier molecular flexibility index (Phi) is 4.73. The molecule has 1 N–H and O–H groups in total. The molecule has 1 aliphatic rings. The Hall–Kier alpha value is -3.35. The highest BCUT2D eigenvalue weighted by molar-refractivity contribution is 6.01. The number of carbonyl (C=O) groups excluding carboxylic acids is 2. The van der Waals surface area contributed by atoms with Gasteiger partial charge in [-0.2, -0.15) is 0 Å². The molecular weight excluding hydrogens is 356 g/mol. The summed E-state index contributed by atoms with van der Waals surface area (Å²) in [5.74, 6) is 0.323. The molecule has 3 heterocycles. The zero-order valence-corrected chi connectivity index (χ0v) is 15.9. The number of carbonyl (C=O) groups is 2. The van der Waals surface area contributed by atoms with Crippen molar-refractivity contribution in [2.45, 2.75) is 25.8 Å². The van der Waals surface area contributed by atoms with E-state index in [-0.39, 0.29) is 11.8 Å². The van der Waals surface area contributed by atoms with Crippen molar-refractivity contribution in [1.29, 1.82) is 0 Å². The van der Waals surface area contributed by atoms with Gasteiger partial charge in [-0.15, -0.1) is 0 Å². The number of nitrogens with one attached hydrogen (secondary N) is 1. The Morgan fingerprint density at radius 3 is 2.68 bits per heavy atom. The van der Waals surface area contributed by atoms with Crippen LogP contribution in [0, 0.1) is 6.92 Å². The second-order valence-electron chi connectivity index (χ2n) is 6.90. The average Bonchev–Trinajstić information content (AvgIpc) is 3.36. The highest BCUT2D eigenvalue weighted by atomic mass is 16.5. The van der Waals surface area contributed by atoms with Gasteiger partial charge in [0.15, 0.2) is 0 Å². The van der Waals surface area contributed by atoms with Crippen LogP contribution in [0.25, 0.3) is 5.65 Å².